The van der Waals surface area contributed by atoms with Crippen molar-refractivity contribution in [1.82, 2.24) is 40.8 Å². The summed E-state index contributed by atoms with van der Waals surface area (Å²) in [6, 6.07) is 18.8. The number of aliphatic carboxylic acids is 1. The van der Waals surface area contributed by atoms with Gasteiger partial charge in [0.2, 0.25) is 11.8 Å². The molecular weight excluding hydrogens is 935 g/mol. The minimum Gasteiger partial charge on any atom is -0.487 e. The molecule has 18 nitrogen and oxygen atoms in total. The van der Waals surface area contributed by atoms with Gasteiger partial charge in [-0.3, -0.25) is 24.5 Å². The number of fused-ring (bicyclic) bond motifs is 2. The number of amides is 3. The van der Waals surface area contributed by atoms with Gasteiger partial charge in [-0.05, 0) is 65.7 Å². The predicted octanol–water partition coefficient (Wildman–Crippen LogP) is 6.23. The third-order valence-corrected chi connectivity index (χ3v) is 13.0. The van der Waals surface area contributed by atoms with Gasteiger partial charge in [0, 0.05) is 76.9 Å². The van der Waals surface area contributed by atoms with Gasteiger partial charge in [-0.15, -0.1) is 0 Å². The molecule has 0 saturated carbocycles. The van der Waals surface area contributed by atoms with Crippen molar-refractivity contribution in [2.24, 2.45) is 0 Å². The van der Waals surface area contributed by atoms with Gasteiger partial charge in [0.25, 0.3) is 11.8 Å². The molecule has 22 heteroatoms. The lowest BCUT2D eigenvalue weighted by Gasteiger charge is -2.19. The number of hydrogen-bond donors (Lipinski definition) is 5. The van der Waals surface area contributed by atoms with Crippen molar-refractivity contribution in [2.45, 2.75) is 31.0 Å². The van der Waals surface area contributed by atoms with Crippen LogP contribution in [0.5, 0.6) is 11.6 Å². The Labute approximate surface area is 401 Å². The molecule has 356 valence electrons. The van der Waals surface area contributed by atoms with Crippen molar-refractivity contribution in [1.29, 1.82) is 5.26 Å². The van der Waals surface area contributed by atoms with Gasteiger partial charge < -0.3 is 45.9 Å². The number of pyridine rings is 4. The molecule has 6 aromatic rings. The average Bonchev–Trinajstić information content (AvgIpc) is 3.68. The summed E-state index contributed by atoms with van der Waals surface area (Å²) in [5.74, 6) is -4.53. The van der Waals surface area contributed by atoms with Crippen molar-refractivity contribution in [3.63, 3.8) is 0 Å². The smallest absolute Gasteiger partial charge is 0.407 e. The van der Waals surface area contributed by atoms with Crippen LogP contribution in [0.15, 0.2) is 104 Å². The van der Waals surface area contributed by atoms with Gasteiger partial charge in [0.05, 0.1) is 54.2 Å². The quantitative estimate of drug-likeness (QED) is 0.0420. The number of carbonyl (C=O) groups is 4. The standard InChI is InChI=1S/C47H44F2N10O8S2/c1-27(23-66-33-6-8-40-37(17-33)35(10-12-53-40)43(61)56-22-42(60)59-26-47(48,49)18-32(59)19-50)58-41(45(62)63)25-69-68-14-13-54-46(64)67-24-31-5-3-29(20-55-31)34-9-11-52-39-7-4-28(15-36(34)39)30-16-38(51)44(65-2)57-21-30/h3-12,15-17,20-21,32,41,58H,1,13-14,18,22-26,51H2,2H3,(H,54,64)(H,56,61)(H,62,63)/t32-,41?/m0/s1. The van der Waals surface area contributed by atoms with Crippen LogP contribution in [0.25, 0.3) is 44.1 Å². The number of nitrogen functional groups attached to an aromatic ring is 1. The second-order valence-electron chi connectivity index (χ2n) is 15.4. The van der Waals surface area contributed by atoms with Crippen LogP contribution in [-0.2, 0) is 20.9 Å². The van der Waals surface area contributed by atoms with Gasteiger partial charge in [0.1, 0.15) is 31.0 Å². The SMILES string of the molecule is C=C(COc1ccc2nccc(C(=O)NCC(=O)N3CC(F)(F)C[C@H]3C#N)c2c1)NC(CSSCCNC(=O)OCc1ccc(-c2ccnc3ccc(-c4cnc(OC)c(N)c4)cc23)cn1)C(=O)O. The van der Waals surface area contributed by atoms with Crippen molar-refractivity contribution in [3.05, 3.63) is 115 Å². The number of halogens is 2. The number of nitrogens with two attached hydrogens (primary N) is 1. The van der Waals surface area contributed by atoms with Crippen molar-refractivity contribution >= 4 is 73.0 Å². The highest BCUT2D eigenvalue weighted by molar-refractivity contribution is 8.76. The van der Waals surface area contributed by atoms with E-state index in [0.717, 1.165) is 38.1 Å². The third kappa shape index (κ3) is 12.6. The van der Waals surface area contributed by atoms with Crippen molar-refractivity contribution in [3.8, 4) is 40.0 Å². The molecule has 0 radical (unpaired) electrons. The van der Waals surface area contributed by atoms with E-state index in [1.807, 2.05) is 30.3 Å². The number of likely N-dealkylation sites (tertiary alicyclic amines) is 1. The third-order valence-electron chi connectivity index (χ3n) is 10.6. The fraction of sp³-hybridized carbons (Fsp3) is 0.255. The maximum Gasteiger partial charge on any atom is 0.407 e. The topological polar surface area (TPSA) is 257 Å². The molecule has 2 atom stereocenters. The molecule has 69 heavy (non-hydrogen) atoms. The molecule has 0 spiro atoms. The van der Waals surface area contributed by atoms with Crippen LogP contribution < -0.4 is 31.2 Å². The number of alkyl carbamates (subject to hydrolysis) is 1. The van der Waals surface area contributed by atoms with Crippen LogP contribution in [0.1, 0.15) is 22.5 Å². The number of methoxy groups -OCH3 is 1. The Morgan fingerprint density at radius 2 is 1.71 bits per heavy atom. The molecule has 1 aliphatic heterocycles. The number of aromatic nitrogens is 4. The Balaban J connectivity index is 0.813. The van der Waals surface area contributed by atoms with Crippen molar-refractivity contribution < 1.29 is 47.3 Å². The second-order valence-corrected chi connectivity index (χ2v) is 18.1. The van der Waals surface area contributed by atoms with Gasteiger partial charge in [-0.1, -0.05) is 40.3 Å². The van der Waals surface area contributed by atoms with Crippen molar-refractivity contribution in [2.75, 3.05) is 50.6 Å². The van der Waals surface area contributed by atoms with E-state index in [2.05, 4.69) is 42.5 Å². The zero-order valence-corrected chi connectivity index (χ0v) is 38.4. The maximum atomic E-state index is 13.8. The summed E-state index contributed by atoms with van der Waals surface area (Å²) >= 11 is 0. The molecular formula is C47H44F2N10O8S2. The molecule has 3 amide bonds. The zero-order chi connectivity index (χ0) is 49.1. The Hall–Kier alpha value is -7.77. The van der Waals surface area contributed by atoms with Crippen LogP contribution in [0.4, 0.5) is 19.3 Å². The molecule has 1 fully saturated rings. The highest BCUT2D eigenvalue weighted by Gasteiger charge is 2.47. The first-order valence-electron chi connectivity index (χ1n) is 21.0. The number of nitriles is 1. The molecule has 1 unspecified atom stereocenters. The molecule has 0 bridgehead atoms. The van der Waals surface area contributed by atoms with E-state index in [0.29, 0.717) is 39.7 Å². The van der Waals surface area contributed by atoms with Crippen LogP contribution in [0.2, 0.25) is 0 Å². The Morgan fingerprint density at radius 3 is 2.45 bits per heavy atom. The van der Waals surface area contributed by atoms with E-state index in [1.54, 1.807) is 55.0 Å². The predicted molar refractivity (Wildman–Crippen MR) is 256 cm³/mol. The van der Waals surface area contributed by atoms with Crippen LogP contribution in [0.3, 0.4) is 0 Å². The number of benzene rings is 2. The van der Waals surface area contributed by atoms with E-state index in [4.69, 9.17) is 19.9 Å². The molecule has 1 saturated heterocycles. The van der Waals surface area contributed by atoms with Crippen LogP contribution in [-0.4, -0.2) is 117 Å². The molecule has 7 rings (SSSR count). The molecule has 4 aromatic heterocycles. The Kier molecular flexibility index (Phi) is 15.9. The van der Waals surface area contributed by atoms with E-state index < -0.39 is 61.4 Å². The number of carboxylic acids is 1. The Bertz CT molecular complexity index is 2940. The molecule has 6 N–H and O–H groups in total. The minimum absolute atomic E-state index is 0.0554. The van der Waals surface area contributed by atoms with E-state index >= 15 is 0 Å². The summed E-state index contributed by atoms with van der Waals surface area (Å²) in [4.78, 5) is 68.5. The summed E-state index contributed by atoms with van der Waals surface area (Å²) in [6.07, 6.45) is 5.13. The fourth-order valence-electron chi connectivity index (χ4n) is 7.20. The van der Waals surface area contributed by atoms with Crippen LogP contribution in [0, 0.1) is 11.3 Å². The summed E-state index contributed by atoms with van der Waals surface area (Å²) < 4.78 is 44.0. The highest BCUT2D eigenvalue weighted by Crippen LogP contribution is 2.34. The lowest BCUT2D eigenvalue weighted by molar-refractivity contribution is -0.138. The first kappa shape index (κ1) is 49.1. The number of nitrogens with zero attached hydrogens (tertiary/aromatic N) is 6. The lowest BCUT2D eigenvalue weighted by Crippen LogP contribution is -2.43. The number of anilines is 1. The number of hydrogen-bond acceptors (Lipinski definition) is 16. The van der Waals surface area contributed by atoms with E-state index in [-0.39, 0.29) is 36.8 Å². The minimum atomic E-state index is -3.19. The number of carboxylic acid groups (broad SMARTS) is 1. The number of ether oxygens (including phenoxy) is 3. The van der Waals surface area contributed by atoms with Gasteiger partial charge in [-0.25, -0.2) is 23.4 Å². The first-order chi connectivity index (χ1) is 33.2. The van der Waals surface area contributed by atoms with Crippen LogP contribution >= 0.6 is 21.6 Å². The fourth-order valence-corrected chi connectivity index (χ4v) is 9.26. The molecule has 5 heterocycles. The Morgan fingerprint density at radius 1 is 0.957 bits per heavy atom. The summed E-state index contributed by atoms with van der Waals surface area (Å²) in [5.41, 5.74) is 12.2. The molecule has 0 aliphatic carbocycles. The van der Waals surface area contributed by atoms with E-state index in [9.17, 15) is 38.3 Å². The van der Waals surface area contributed by atoms with Gasteiger partial charge in [0.15, 0.2) is 0 Å². The second kappa shape index (κ2) is 22.4. The normalized spacial score (nSPS) is 14.3. The zero-order valence-electron chi connectivity index (χ0n) is 36.8. The summed E-state index contributed by atoms with van der Waals surface area (Å²) in [5, 5.41) is 28.3. The van der Waals surface area contributed by atoms with Gasteiger partial charge >= 0.3 is 12.1 Å². The number of alkyl halides is 2. The number of rotatable bonds is 20. The highest BCUT2D eigenvalue weighted by atomic mass is 33.1. The molecule has 2 aromatic carbocycles. The average molecular weight is 979 g/mol. The number of carbonyl (C=O) groups excluding carboxylic acids is 3. The largest absolute Gasteiger partial charge is 0.487 e. The number of nitrogens with one attached hydrogen (secondary N) is 3. The molecule has 1 aliphatic rings. The maximum absolute atomic E-state index is 13.8. The summed E-state index contributed by atoms with van der Waals surface area (Å²) in [6.45, 7) is 2.47. The first-order valence-corrected chi connectivity index (χ1v) is 23.5. The van der Waals surface area contributed by atoms with E-state index in [1.165, 1.54) is 41.0 Å². The monoisotopic (exact) mass is 978 g/mol. The van der Waals surface area contributed by atoms with Gasteiger partial charge in [-0.2, -0.15) is 5.26 Å². The summed E-state index contributed by atoms with van der Waals surface area (Å²) in [7, 11) is 4.16. The lowest BCUT2D eigenvalue weighted by atomic mass is 9.98.